The highest BCUT2D eigenvalue weighted by molar-refractivity contribution is 5.85. The first-order valence-electron chi connectivity index (χ1n) is 14.7. The van der Waals surface area contributed by atoms with Gasteiger partial charge in [0.15, 0.2) is 0 Å². The van der Waals surface area contributed by atoms with Crippen LogP contribution in [0.25, 0.3) is 0 Å². The Labute approximate surface area is 250 Å². The number of esters is 2. The fourth-order valence-corrected chi connectivity index (χ4v) is 4.73. The molecule has 1 unspecified atom stereocenters. The second kappa shape index (κ2) is 15.2. The summed E-state index contributed by atoms with van der Waals surface area (Å²) in [5.74, 6) is -1.26. The molecule has 7 nitrogen and oxygen atoms in total. The van der Waals surface area contributed by atoms with Crippen LogP contribution < -0.4 is 0 Å². The van der Waals surface area contributed by atoms with Gasteiger partial charge in [-0.2, -0.15) is 0 Å². The average Bonchev–Trinajstić information content (AvgIpc) is 2.88. The van der Waals surface area contributed by atoms with Gasteiger partial charge in [-0.1, -0.05) is 68.8 Å². The number of nitrogens with zero attached hydrogens (tertiary/aromatic N) is 1. The fourth-order valence-electron chi connectivity index (χ4n) is 4.73. The number of benzene rings is 2. The van der Waals surface area contributed by atoms with Gasteiger partial charge in [-0.25, -0.2) is 18.8 Å². The molecule has 0 bridgehead atoms. The number of carbonyl (C=O) groups excluding carboxylic acids is 3. The Balaban J connectivity index is 2.35. The second-order valence-corrected chi connectivity index (χ2v) is 12.6. The molecule has 8 heteroatoms. The van der Waals surface area contributed by atoms with Crippen LogP contribution in [0, 0.1) is 6.92 Å². The maximum atomic E-state index is 14.8. The molecule has 0 aliphatic heterocycles. The third kappa shape index (κ3) is 11.5. The van der Waals surface area contributed by atoms with Crippen LogP contribution in [0.3, 0.4) is 0 Å². The van der Waals surface area contributed by atoms with Gasteiger partial charge in [0.05, 0.1) is 0 Å². The molecule has 0 aliphatic carbocycles. The van der Waals surface area contributed by atoms with Gasteiger partial charge < -0.3 is 14.2 Å². The van der Waals surface area contributed by atoms with Crippen LogP contribution in [0.5, 0.6) is 0 Å². The maximum absolute atomic E-state index is 14.8. The first kappa shape index (κ1) is 34.8. The number of ether oxygens (including phenoxy) is 3. The Morgan fingerprint density at radius 2 is 1.60 bits per heavy atom. The van der Waals surface area contributed by atoms with E-state index in [9.17, 15) is 18.8 Å². The van der Waals surface area contributed by atoms with Crippen LogP contribution in [0.4, 0.5) is 9.18 Å². The van der Waals surface area contributed by atoms with Crippen molar-refractivity contribution in [1.29, 1.82) is 0 Å². The quantitative estimate of drug-likeness (QED) is 0.179. The van der Waals surface area contributed by atoms with E-state index in [0.29, 0.717) is 5.92 Å². The highest BCUT2D eigenvalue weighted by Gasteiger charge is 2.38. The van der Waals surface area contributed by atoms with E-state index in [0.717, 1.165) is 34.4 Å². The molecular formula is C34H48FNO6. The van der Waals surface area contributed by atoms with Crippen molar-refractivity contribution in [1.82, 2.24) is 4.90 Å². The molecule has 0 heterocycles. The molecule has 2 rings (SSSR count). The molecule has 0 aliphatic rings. The summed E-state index contributed by atoms with van der Waals surface area (Å²) >= 11 is 0. The van der Waals surface area contributed by atoms with E-state index in [1.807, 2.05) is 55.5 Å². The molecule has 0 N–H and O–H groups in total. The average molecular weight is 586 g/mol. The number of alkyl halides is 1. The van der Waals surface area contributed by atoms with Crippen molar-refractivity contribution in [3.8, 4) is 0 Å². The molecule has 0 fully saturated rings. The van der Waals surface area contributed by atoms with Gasteiger partial charge in [0, 0.05) is 19.9 Å². The Hall–Kier alpha value is -3.42. The zero-order valence-corrected chi connectivity index (χ0v) is 26.7. The zero-order chi connectivity index (χ0) is 31.7. The van der Waals surface area contributed by atoms with Crippen LogP contribution in [-0.4, -0.2) is 53.4 Å². The van der Waals surface area contributed by atoms with Crippen molar-refractivity contribution in [2.24, 2.45) is 0 Å². The van der Waals surface area contributed by atoms with E-state index in [-0.39, 0.29) is 19.4 Å². The van der Waals surface area contributed by atoms with Crippen molar-refractivity contribution < 1.29 is 33.0 Å². The predicted molar refractivity (Wildman–Crippen MR) is 162 cm³/mol. The number of halogens is 1. The van der Waals surface area contributed by atoms with Crippen molar-refractivity contribution in [3.63, 3.8) is 0 Å². The standard InChI is InChI=1S/C34H48FNO6/c1-10-14-23(2)27-18-17-26(19-24(27)3)20-29(31(38)40-22-25-15-12-11-13-16-25)41-30(37)28(21-34(7,8)35)36(9)32(39)42-33(4,5)6/h11-13,15-19,23,28-29H,10,14,20-22H2,1-9H3/t23?,28-,29+/m0/s1. The lowest BCUT2D eigenvalue weighted by molar-refractivity contribution is -0.172. The fraction of sp³-hybridized carbons (Fsp3) is 0.559. The molecule has 0 saturated heterocycles. The van der Waals surface area contributed by atoms with Crippen LogP contribution in [0.1, 0.15) is 95.9 Å². The summed E-state index contributed by atoms with van der Waals surface area (Å²) in [4.78, 5) is 40.7. The maximum Gasteiger partial charge on any atom is 0.410 e. The van der Waals surface area contributed by atoms with E-state index in [2.05, 4.69) is 13.8 Å². The highest BCUT2D eigenvalue weighted by atomic mass is 19.1. The lowest BCUT2D eigenvalue weighted by Crippen LogP contribution is -2.49. The zero-order valence-electron chi connectivity index (χ0n) is 26.7. The van der Waals surface area contributed by atoms with E-state index >= 15 is 0 Å². The Morgan fingerprint density at radius 3 is 2.14 bits per heavy atom. The molecule has 0 spiro atoms. The van der Waals surface area contributed by atoms with E-state index in [1.165, 1.54) is 26.5 Å². The molecule has 0 saturated carbocycles. The Kier molecular flexibility index (Phi) is 12.6. The topological polar surface area (TPSA) is 82.1 Å². The minimum Gasteiger partial charge on any atom is -0.458 e. The van der Waals surface area contributed by atoms with Crippen molar-refractivity contribution >= 4 is 18.0 Å². The summed E-state index contributed by atoms with van der Waals surface area (Å²) in [6.07, 6.45) is -0.270. The van der Waals surface area contributed by atoms with Crippen LogP contribution in [0.15, 0.2) is 48.5 Å². The molecule has 1 amide bonds. The van der Waals surface area contributed by atoms with Crippen LogP contribution in [-0.2, 0) is 36.8 Å². The molecular weight excluding hydrogens is 537 g/mol. The summed E-state index contributed by atoms with van der Waals surface area (Å²) in [5.41, 5.74) is 1.24. The van der Waals surface area contributed by atoms with Gasteiger partial charge in [-0.3, -0.25) is 4.90 Å². The number of likely N-dealkylation sites (N-methyl/N-ethyl adjacent to an activating group) is 1. The lowest BCUT2D eigenvalue weighted by atomic mass is 9.91. The van der Waals surface area contributed by atoms with Gasteiger partial charge in [0.1, 0.15) is 23.9 Å². The van der Waals surface area contributed by atoms with Gasteiger partial charge in [0.25, 0.3) is 0 Å². The summed E-state index contributed by atoms with van der Waals surface area (Å²) in [5, 5.41) is 0. The summed E-state index contributed by atoms with van der Waals surface area (Å²) in [6, 6.07) is 13.8. The Morgan fingerprint density at radius 1 is 0.952 bits per heavy atom. The molecule has 2 aromatic carbocycles. The van der Waals surface area contributed by atoms with E-state index in [4.69, 9.17) is 14.2 Å². The largest absolute Gasteiger partial charge is 0.458 e. The third-order valence-electron chi connectivity index (χ3n) is 6.85. The van der Waals surface area contributed by atoms with Gasteiger partial charge in [-0.15, -0.1) is 0 Å². The van der Waals surface area contributed by atoms with Crippen molar-refractivity contribution in [3.05, 3.63) is 70.8 Å². The van der Waals surface area contributed by atoms with E-state index < -0.39 is 41.4 Å². The summed E-state index contributed by atoms with van der Waals surface area (Å²) < 4.78 is 31.5. The summed E-state index contributed by atoms with van der Waals surface area (Å²) in [7, 11) is 1.36. The second-order valence-electron chi connectivity index (χ2n) is 12.6. The van der Waals surface area contributed by atoms with Gasteiger partial charge in [-0.05, 0) is 76.1 Å². The first-order valence-corrected chi connectivity index (χ1v) is 14.7. The van der Waals surface area contributed by atoms with Gasteiger partial charge >= 0.3 is 18.0 Å². The van der Waals surface area contributed by atoms with E-state index in [1.54, 1.807) is 20.8 Å². The number of hydrogen-bond donors (Lipinski definition) is 0. The number of aryl methyl sites for hydroxylation is 1. The monoisotopic (exact) mass is 585 g/mol. The molecule has 42 heavy (non-hydrogen) atoms. The molecule has 0 radical (unpaired) electrons. The first-order chi connectivity index (χ1) is 19.5. The minimum absolute atomic E-state index is 0.00102. The highest BCUT2D eigenvalue weighted by Crippen LogP contribution is 2.26. The minimum atomic E-state index is -1.81. The lowest BCUT2D eigenvalue weighted by Gasteiger charge is -2.32. The van der Waals surface area contributed by atoms with Crippen molar-refractivity contribution in [2.75, 3.05) is 7.05 Å². The number of amides is 1. The normalized spacial score (nSPS) is 14.0. The van der Waals surface area contributed by atoms with Crippen LogP contribution in [0.2, 0.25) is 0 Å². The smallest absolute Gasteiger partial charge is 0.410 e. The SMILES string of the molecule is CCCC(C)c1ccc(C[C@@H](OC(=O)[C@H](CC(C)(C)F)N(C)C(=O)OC(C)(C)C)C(=O)OCc2ccccc2)cc1C. The van der Waals surface area contributed by atoms with Gasteiger partial charge in [0.2, 0.25) is 6.10 Å². The molecule has 0 aromatic heterocycles. The van der Waals surface area contributed by atoms with Crippen molar-refractivity contribution in [2.45, 2.75) is 117 Å². The molecule has 3 atom stereocenters. The molecule has 2 aromatic rings. The third-order valence-corrected chi connectivity index (χ3v) is 6.85. The number of carbonyl (C=O) groups is 3. The number of rotatable bonds is 13. The molecule has 232 valence electrons. The predicted octanol–water partition coefficient (Wildman–Crippen LogP) is 7.47. The summed E-state index contributed by atoms with van der Waals surface area (Å²) in [6.45, 7) is 14.1. The van der Waals surface area contributed by atoms with Crippen LogP contribution >= 0.6 is 0 Å². The number of hydrogen-bond acceptors (Lipinski definition) is 6. The Bertz CT molecular complexity index is 1180.